The Morgan fingerprint density at radius 2 is 1.89 bits per heavy atom. The molecule has 0 heterocycles. The van der Waals surface area contributed by atoms with Crippen molar-refractivity contribution in [2.45, 2.75) is 39.2 Å². The first kappa shape index (κ1) is 18.8. The average molecular weight is 291 g/mol. The van der Waals surface area contributed by atoms with Crippen LogP contribution in [0, 0.1) is 0 Å². The summed E-state index contributed by atoms with van der Waals surface area (Å²) in [5, 5.41) is 0. The highest BCUT2D eigenvalue weighted by molar-refractivity contribution is 6.52. The van der Waals surface area contributed by atoms with Gasteiger partial charge in [0.1, 0.15) is 0 Å². The van der Waals surface area contributed by atoms with Gasteiger partial charge >= 0.3 is 9.05 Å². The van der Waals surface area contributed by atoms with Gasteiger partial charge in [0.2, 0.25) is 0 Å². The standard InChI is InChI=1S/C13H29NO4Si/c1-6-11-16-19(15,18-13(7-2)8-3)17-12-9-10-14(4)5/h6,13,15H,1,7-12H2,2-5H3. The molecule has 19 heavy (non-hydrogen) atoms. The number of hydrogen-bond donors (Lipinski definition) is 1. The average Bonchev–Trinajstić information content (AvgIpc) is 2.39. The SMILES string of the molecule is C=CCO[Si](O)(OCCCN(C)C)OC(CC)CC. The summed E-state index contributed by atoms with van der Waals surface area (Å²) in [6.45, 7) is 9.17. The molecule has 0 rings (SSSR count). The van der Waals surface area contributed by atoms with Gasteiger partial charge in [0.25, 0.3) is 0 Å². The third kappa shape index (κ3) is 9.31. The molecule has 0 spiro atoms. The first-order valence-corrected chi connectivity index (χ1v) is 8.58. The molecule has 0 aromatic heterocycles. The second-order valence-corrected chi connectivity index (χ2v) is 6.55. The molecule has 0 aromatic rings. The van der Waals surface area contributed by atoms with E-state index in [9.17, 15) is 4.80 Å². The van der Waals surface area contributed by atoms with E-state index < -0.39 is 9.05 Å². The minimum Gasteiger partial charge on any atom is -0.367 e. The lowest BCUT2D eigenvalue weighted by Gasteiger charge is -2.27. The molecule has 1 unspecified atom stereocenters. The minimum absolute atomic E-state index is 0.0321. The van der Waals surface area contributed by atoms with Crippen LogP contribution >= 0.6 is 0 Å². The molecule has 0 aliphatic heterocycles. The molecule has 0 saturated carbocycles. The van der Waals surface area contributed by atoms with E-state index in [0.717, 1.165) is 25.8 Å². The zero-order valence-electron chi connectivity index (χ0n) is 12.7. The highest BCUT2D eigenvalue weighted by atomic mass is 28.4. The molecule has 0 aromatic carbocycles. The Morgan fingerprint density at radius 1 is 1.26 bits per heavy atom. The molecule has 6 heteroatoms. The molecule has 0 fully saturated rings. The Kier molecular flexibility index (Phi) is 10.4. The van der Waals surface area contributed by atoms with E-state index >= 15 is 0 Å². The minimum atomic E-state index is -3.54. The molecule has 0 aliphatic rings. The van der Waals surface area contributed by atoms with Crippen LogP contribution in [-0.4, -0.2) is 58.7 Å². The largest absolute Gasteiger partial charge is 0.677 e. The van der Waals surface area contributed by atoms with E-state index in [-0.39, 0.29) is 12.7 Å². The summed E-state index contributed by atoms with van der Waals surface area (Å²) in [7, 11) is 0.460. The molecular weight excluding hydrogens is 262 g/mol. The molecule has 0 radical (unpaired) electrons. The normalized spacial score (nSPS) is 14.9. The fourth-order valence-electron chi connectivity index (χ4n) is 1.52. The lowest BCUT2D eigenvalue weighted by atomic mass is 10.2. The van der Waals surface area contributed by atoms with Gasteiger partial charge in [0.05, 0.1) is 12.7 Å². The van der Waals surface area contributed by atoms with E-state index in [1.54, 1.807) is 6.08 Å². The number of hydrogen-bond acceptors (Lipinski definition) is 5. The van der Waals surface area contributed by atoms with E-state index in [2.05, 4.69) is 11.5 Å². The Labute approximate surface area is 118 Å². The zero-order valence-corrected chi connectivity index (χ0v) is 13.7. The lowest BCUT2D eigenvalue weighted by molar-refractivity contribution is -0.0306. The summed E-state index contributed by atoms with van der Waals surface area (Å²) in [4.78, 5) is 12.4. The number of nitrogens with zero attached hydrogens (tertiary/aromatic N) is 1. The van der Waals surface area contributed by atoms with Gasteiger partial charge in [-0.2, -0.15) is 0 Å². The Hall–Kier alpha value is -0.243. The number of rotatable bonds is 12. The fourth-order valence-corrected chi connectivity index (χ4v) is 3.23. The van der Waals surface area contributed by atoms with Crippen molar-refractivity contribution < 1.29 is 18.1 Å². The third-order valence-electron chi connectivity index (χ3n) is 2.64. The Morgan fingerprint density at radius 3 is 2.37 bits per heavy atom. The van der Waals surface area contributed by atoms with E-state index in [4.69, 9.17) is 13.3 Å². The highest BCUT2D eigenvalue weighted by Gasteiger charge is 2.42. The second-order valence-electron chi connectivity index (χ2n) is 4.69. The van der Waals surface area contributed by atoms with Gasteiger partial charge in [-0.3, -0.25) is 0 Å². The van der Waals surface area contributed by atoms with Crippen molar-refractivity contribution in [3.8, 4) is 0 Å². The van der Waals surface area contributed by atoms with Gasteiger partial charge < -0.3 is 23.0 Å². The van der Waals surface area contributed by atoms with Gasteiger partial charge in [-0.05, 0) is 39.9 Å². The predicted octanol–water partition coefficient (Wildman–Crippen LogP) is 1.79. The molecule has 0 aliphatic carbocycles. The van der Waals surface area contributed by atoms with Gasteiger partial charge in [0, 0.05) is 6.61 Å². The van der Waals surface area contributed by atoms with Crippen LogP contribution in [0.3, 0.4) is 0 Å². The van der Waals surface area contributed by atoms with Crippen LogP contribution in [0.2, 0.25) is 0 Å². The van der Waals surface area contributed by atoms with Crippen LogP contribution in [-0.2, 0) is 13.3 Å². The maximum Gasteiger partial charge on any atom is 0.677 e. The summed E-state index contributed by atoms with van der Waals surface area (Å²) < 4.78 is 16.5. The first-order valence-electron chi connectivity index (χ1n) is 6.91. The van der Waals surface area contributed by atoms with Gasteiger partial charge in [-0.25, -0.2) is 0 Å². The molecule has 0 amide bonds. The topological polar surface area (TPSA) is 51.2 Å². The van der Waals surface area contributed by atoms with Crippen molar-refractivity contribution in [1.82, 2.24) is 4.90 Å². The molecule has 1 N–H and O–H groups in total. The maximum absolute atomic E-state index is 10.4. The van der Waals surface area contributed by atoms with Crippen molar-refractivity contribution in [1.29, 1.82) is 0 Å². The Bertz CT molecular complexity index is 237. The van der Waals surface area contributed by atoms with Crippen molar-refractivity contribution in [3.63, 3.8) is 0 Å². The molecule has 5 nitrogen and oxygen atoms in total. The van der Waals surface area contributed by atoms with Crippen molar-refractivity contribution in [2.75, 3.05) is 33.9 Å². The fraction of sp³-hybridized carbons (Fsp3) is 0.846. The van der Waals surface area contributed by atoms with Crippen LogP contribution in [0.25, 0.3) is 0 Å². The summed E-state index contributed by atoms with van der Waals surface area (Å²) in [6.07, 6.45) is 4.02. The smallest absolute Gasteiger partial charge is 0.367 e. The zero-order chi connectivity index (χ0) is 14.7. The molecular formula is C13H29NO4Si. The van der Waals surface area contributed by atoms with Gasteiger partial charge in [-0.1, -0.05) is 19.9 Å². The summed E-state index contributed by atoms with van der Waals surface area (Å²) in [5.74, 6) is 0. The molecule has 0 saturated heterocycles. The van der Waals surface area contributed by atoms with Crippen molar-refractivity contribution in [3.05, 3.63) is 12.7 Å². The van der Waals surface area contributed by atoms with Crippen LogP contribution in [0.15, 0.2) is 12.7 Å². The van der Waals surface area contributed by atoms with Crippen LogP contribution in [0.5, 0.6) is 0 Å². The molecule has 1 atom stereocenters. The summed E-state index contributed by atoms with van der Waals surface area (Å²) in [6, 6.07) is 0. The van der Waals surface area contributed by atoms with Crippen LogP contribution in [0.1, 0.15) is 33.1 Å². The first-order chi connectivity index (χ1) is 8.97. The van der Waals surface area contributed by atoms with Crippen molar-refractivity contribution in [2.24, 2.45) is 0 Å². The van der Waals surface area contributed by atoms with Crippen LogP contribution < -0.4 is 0 Å². The van der Waals surface area contributed by atoms with Crippen LogP contribution in [0.4, 0.5) is 0 Å². The quantitative estimate of drug-likeness (QED) is 0.337. The van der Waals surface area contributed by atoms with E-state index in [1.807, 2.05) is 27.9 Å². The summed E-state index contributed by atoms with van der Waals surface area (Å²) in [5.41, 5.74) is 0. The van der Waals surface area contributed by atoms with E-state index in [1.165, 1.54) is 0 Å². The maximum atomic E-state index is 10.4. The molecule has 114 valence electrons. The summed E-state index contributed by atoms with van der Waals surface area (Å²) >= 11 is 0. The Balaban J connectivity index is 4.27. The highest BCUT2D eigenvalue weighted by Crippen LogP contribution is 2.14. The monoisotopic (exact) mass is 291 g/mol. The van der Waals surface area contributed by atoms with Gasteiger partial charge in [-0.15, -0.1) is 6.58 Å². The predicted molar refractivity (Wildman–Crippen MR) is 78.7 cm³/mol. The van der Waals surface area contributed by atoms with Gasteiger partial charge in [0.15, 0.2) is 0 Å². The second kappa shape index (κ2) is 10.5. The molecule has 0 bridgehead atoms. The third-order valence-corrected chi connectivity index (χ3v) is 4.38. The lowest BCUT2D eigenvalue weighted by Crippen LogP contribution is -2.49. The van der Waals surface area contributed by atoms with E-state index in [0.29, 0.717) is 6.61 Å². The van der Waals surface area contributed by atoms with Crippen molar-refractivity contribution >= 4 is 9.05 Å².